The van der Waals surface area contributed by atoms with Gasteiger partial charge in [-0.25, -0.2) is 0 Å². The van der Waals surface area contributed by atoms with Gasteiger partial charge in [-0.2, -0.15) is 0 Å². The zero-order valence-electron chi connectivity index (χ0n) is 15.4. The fraction of sp³-hybridized carbons (Fsp3) is 0.381. The summed E-state index contributed by atoms with van der Waals surface area (Å²) in [6.45, 7) is 6.15. The Morgan fingerprint density at radius 1 is 0.923 bits per heavy atom. The molecule has 138 valence electrons. The highest BCUT2D eigenvalue weighted by molar-refractivity contribution is 5.79. The second-order valence-corrected chi connectivity index (χ2v) is 6.42. The lowest BCUT2D eigenvalue weighted by Crippen LogP contribution is -2.37. The van der Waals surface area contributed by atoms with E-state index in [2.05, 4.69) is 69.1 Å². The highest BCUT2D eigenvalue weighted by atomic mass is 16.5. The van der Waals surface area contributed by atoms with Gasteiger partial charge in [0, 0.05) is 39.8 Å². The largest absolute Gasteiger partial charge is 0.379 e. The van der Waals surface area contributed by atoms with Crippen LogP contribution in [0.2, 0.25) is 0 Å². The van der Waals surface area contributed by atoms with E-state index in [1.54, 1.807) is 7.05 Å². The summed E-state index contributed by atoms with van der Waals surface area (Å²) in [5.74, 6) is 0.815. The van der Waals surface area contributed by atoms with Gasteiger partial charge in [0.15, 0.2) is 5.96 Å². The minimum Gasteiger partial charge on any atom is -0.379 e. The molecule has 0 saturated carbocycles. The van der Waals surface area contributed by atoms with Gasteiger partial charge < -0.3 is 15.4 Å². The van der Waals surface area contributed by atoms with Gasteiger partial charge in [-0.1, -0.05) is 54.6 Å². The normalized spacial score (nSPS) is 15.7. The molecule has 1 aliphatic heterocycles. The lowest BCUT2D eigenvalue weighted by atomic mass is 10.1. The molecule has 2 N–H and O–H groups in total. The van der Waals surface area contributed by atoms with Crippen molar-refractivity contribution >= 4 is 5.96 Å². The number of ether oxygens (including phenoxy) is 1. The van der Waals surface area contributed by atoms with Gasteiger partial charge in [-0.3, -0.25) is 9.89 Å². The second-order valence-electron chi connectivity index (χ2n) is 6.42. The number of morpholine rings is 1. The lowest BCUT2D eigenvalue weighted by molar-refractivity contribution is 0.0341. The van der Waals surface area contributed by atoms with Crippen molar-refractivity contribution in [2.24, 2.45) is 4.99 Å². The average Bonchev–Trinajstić information content (AvgIpc) is 2.71. The van der Waals surface area contributed by atoms with Crippen molar-refractivity contribution in [3.05, 3.63) is 71.3 Å². The zero-order valence-corrected chi connectivity index (χ0v) is 15.4. The van der Waals surface area contributed by atoms with Crippen LogP contribution in [0.25, 0.3) is 0 Å². The molecule has 0 atom stereocenters. The number of aliphatic imine (C=N–C) groups is 1. The van der Waals surface area contributed by atoms with Gasteiger partial charge >= 0.3 is 0 Å². The van der Waals surface area contributed by atoms with E-state index in [4.69, 9.17) is 4.74 Å². The van der Waals surface area contributed by atoms with Crippen LogP contribution in [0.1, 0.15) is 16.7 Å². The summed E-state index contributed by atoms with van der Waals surface area (Å²) in [5.41, 5.74) is 3.91. The molecule has 2 aromatic rings. The van der Waals surface area contributed by atoms with Crippen LogP contribution in [0.15, 0.2) is 59.6 Å². The monoisotopic (exact) mass is 352 g/mol. The van der Waals surface area contributed by atoms with Crippen molar-refractivity contribution in [2.45, 2.75) is 19.6 Å². The van der Waals surface area contributed by atoms with Gasteiger partial charge in [0.2, 0.25) is 0 Å². The second kappa shape index (κ2) is 9.94. The number of guanidine groups is 1. The first kappa shape index (κ1) is 18.4. The van der Waals surface area contributed by atoms with Crippen LogP contribution in [-0.4, -0.2) is 44.2 Å². The highest BCUT2D eigenvalue weighted by Crippen LogP contribution is 2.13. The minimum atomic E-state index is 0.759. The maximum atomic E-state index is 5.45. The quantitative estimate of drug-likeness (QED) is 0.619. The molecule has 5 nitrogen and oxygen atoms in total. The molecule has 0 bridgehead atoms. The molecule has 1 saturated heterocycles. The Labute approximate surface area is 156 Å². The van der Waals surface area contributed by atoms with Crippen LogP contribution in [-0.2, 0) is 24.4 Å². The van der Waals surface area contributed by atoms with E-state index in [9.17, 15) is 0 Å². The number of nitrogens with one attached hydrogen (secondary N) is 2. The molecule has 0 unspecified atom stereocenters. The number of rotatable bonds is 6. The maximum absolute atomic E-state index is 5.45. The third kappa shape index (κ3) is 5.58. The Kier molecular flexibility index (Phi) is 7.05. The summed E-state index contributed by atoms with van der Waals surface area (Å²) < 4.78 is 5.45. The first-order chi connectivity index (χ1) is 12.8. The summed E-state index contributed by atoms with van der Waals surface area (Å²) in [5, 5.41) is 6.80. The van der Waals surface area contributed by atoms with Crippen molar-refractivity contribution in [1.82, 2.24) is 15.5 Å². The fourth-order valence-electron chi connectivity index (χ4n) is 3.07. The third-order valence-electron chi connectivity index (χ3n) is 4.59. The molecule has 0 aromatic heterocycles. The highest BCUT2D eigenvalue weighted by Gasteiger charge is 2.12. The van der Waals surface area contributed by atoms with Crippen molar-refractivity contribution in [2.75, 3.05) is 33.4 Å². The molecule has 0 amide bonds. The predicted molar refractivity (Wildman–Crippen MR) is 106 cm³/mol. The first-order valence-electron chi connectivity index (χ1n) is 9.20. The Balaban J connectivity index is 1.54. The molecule has 2 aromatic carbocycles. The predicted octanol–water partition coefficient (Wildman–Crippen LogP) is 2.38. The molecule has 5 heteroatoms. The van der Waals surface area contributed by atoms with Crippen molar-refractivity contribution in [3.8, 4) is 0 Å². The van der Waals surface area contributed by atoms with Crippen LogP contribution < -0.4 is 10.6 Å². The Morgan fingerprint density at radius 3 is 2.31 bits per heavy atom. The third-order valence-corrected chi connectivity index (χ3v) is 4.59. The van der Waals surface area contributed by atoms with Crippen molar-refractivity contribution in [3.63, 3.8) is 0 Å². The van der Waals surface area contributed by atoms with Crippen LogP contribution in [0.3, 0.4) is 0 Å². The van der Waals surface area contributed by atoms with Gasteiger partial charge in [0.25, 0.3) is 0 Å². The molecule has 3 rings (SSSR count). The minimum absolute atomic E-state index is 0.759. The van der Waals surface area contributed by atoms with E-state index in [0.717, 1.165) is 51.9 Å². The zero-order chi connectivity index (χ0) is 18.0. The van der Waals surface area contributed by atoms with Gasteiger partial charge in [0.05, 0.1) is 13.2 Å². The topological polar surface area (TPSA) is 48.9 Å². The summed E-state index contributed by atoms with van der Waals surface area (Å²) in [6.07, 6.45) is 0. The summed E-state index contributed by atoms with van der Waals surface area (Å²) in [7, 11) is 1.81. The number of benzene rings is 2. The Hall–Kier alpha value is -2.37. The molecule has 0 spiro atoms. The molecule has 0 radical (unpaired) electrons. The lowest BCUT2D eigenvalue weighted by Gasteiger charge is -2.27. The van der Waals surface area contributed by atoms with Crippen LogP contribution in [0.5, 0.6) is 0 Å². The molecule has 26 heavy (non-hydrogen) atoms. The van der Waals surface area contributed by atoms with Gasteiger partial charge in [-0.15, -0.1) is 0 Å². The van der Waals surface area contributed by atoms with E-state index < -0.39 is 0 Å². The van der Waals surface area contributed by atoms with Crippen LogP contribution in [0.4, 0.5) is 0 Å². The fourth-order valence-corrected chi connectivity index (χ4v) is 3.07. The van der Waals surface area contributed by atoms with Gasteiger partial charge in [-0.05, 0) is 16.7 Å². The average molecular weight is 352 g/mol. The van der Waals surface area contributed by atoms with Crippen molar-refractivity contribution < 1.29 is 4.74 Å². The Bertz CT molecular complexity index is 696. The van der Waals surface area contributed by atoms with E-state index in [-0.39, 0.29) is 0 Å². The van der Waals surface area contributed by atoms with Gasteiger partial charge in [0.1, 0.15) is 0 Å². The SMILES string of the molecule is CN=C(NCc1ccccc1)NCc1ccccc1CN1CCOCC1. The van der Waals surface area contributed by atoms with Crippen LogP contribution >= 0.6 is 0 Å². The first-order valence-corrected chi connectivity index (χ1v) is 9.20. The smallest absolute Gasteiger partial charge is 0.191 e. The van der Waals surface area contributed by atoms with E-state index in [0.29, 0.717) is 0 Å². The summed E-state index contributed by atoms with van der Waals surface area (Å²) in [6, 6.07) is 19.0. The maximum Gasteiger partial charge on any atom is 0.191 e. The van der Waals surface area contributed by atoms with Crippen LogP contribution in [0, 0.1) is 0 Å². The number of nitrogens with zero attached hydrogens (tertiary/aromatic N) is 2. The number of hydrogen-bond donors (Lipinski definition) is 2. The summed E-state index contributed by atoms with van der Waals surface area (Å²) >= 11 is 0. The molecule has 1 aliphatic rings. The molecular formula is C21H28N4O. The molecule has 1 fully saturated rings. The standard InChI is InChI=1S/C21H28N4O/c1-22-21(23-15-18-7-3-2-4-8-18)24-16-19-9-5-6-10-20(19)17-25-11-13-26-14-12-25/h2-10H,11-17H2,1H3,(H2,22,23,24). The van der Waals surface area contributed by atoms with E-state index in [1.165, 1.54) is 16.7 Å². The van der Waals surface area contributed by atoms with E-state index >= 15 is 0 Å². The molecule has 1 heterocycles. The Morgan fingerprint density at radius 2 is 1.58 bits per heavy atom. The molecule has 0 aliphatic carbocycles. The van der Waals surface area contributed by atoms with Crippen molar-refractivity contribution in [1.29, 1.82) is 0 Å². The molecular weight excluding hydrogens is 324 g/mol. The van der Waals surface area contributed by atoms with E-state index in [1.807, 2.05) is 6.07 Å². The number of hydrogen-bond acceptors (Lipinski definition) is 3. The summed E-state index contributed by atoms with van der Waals surface area (Å²) in [4.78, 5) is 6.78.